The maximum Gasteiger partial charge on any atom is 0.488 e. The highest BCUT2D eigenvalue weighted by atomic mass is 32.2. The van der Waals surface area contributed by atoms with Crippen molar-refractivity contribution in [2.24, 2.45) is 0 Å². The summed E-state index contributed by atoms with van der Waals surface area (Å²) in [5.74, 6) is 0. The molecule has 0 spiro atoms. The molecule has 6 nitrogen and oxygen atoms in total. The molecule has 0 bridgehead atoms. The van der Waals surface area contributed by atoms with Crippen LogP contribution in [0.2, 0.25) is 0 Å². The number of sulfonamides is 1. The van der Waals surface area contributed by atoms with E-state index in [1.54, 1.807) is 12.1 Å². The first-order chi connectivity index (χ1) is 9.36. The van der Waals surface area contributed by atoms with Gasteiger partial charge in [0.15, 0.2) is 0 Å². The molecule has 0 saturated carbocycles. The van der Waals surface area contributed by atoms with Crippen LogP contribution in [0.4, 0.5) is 0 Å². The summed E-state index contributed by atoms with van der Waals surface area (Å²) in [7, 11) is -4.53. The highest BCUT2D eigenvalue weighted by molar-refractivity contribution is 7.88. The van der Waals surface area contributed by atoms with Gasteiger partial charge in [0.1, 0.15) is 0 Å². The van der Waals surface area contributed by atoms with Gasteiger partial charge in [-0.2, -0.15) is 4.31 Å². The van der Waals surface area contributed by atoms with E-state index in [1.165, 1.54) is 10.6 Å². The maximum absolute atomic E-state index is 11.4. The van der Waals surface area contributed by atoms with Crippen molar-refractivity contribution >= 4 is 22.6 Å². The first-order valence-electron chi connectivity index (χ1n) is 6.49. The third-order valence-electron chi connectivity index (χ3n) is 3.48. The highest BCUT2D eigenvalue weighted by Gasteiger charge is 2.23. The lowest BCUT2D eigenvalue weighted by Gasteiger charge is -2.33. The quantitative estimate of drug-likeness (QED) is 0.657. The SMILES string of the molecule is CS(=O)(=O)N1CCN(Cc2ccc(B(O)O)cc2)CC1. The van der Waals surface area contributed by atoms with E-state index >= 15 is 0 Å². The first kappa shape index (κ1) is 15.5. The fourth-order valence-corrected chi connectivity index (χ4v) is 3.10. The van der Waals surface area contributed by atoms with Crippen LogP contribution < -0.4 is 5.46 Å². The van der Waals surface area contributed by atoms with Gasteiger partial charge >= 0.3 is 7.12 Å². The minimum atomic E-state index is -3.09. The molecular weight excluding hydrogens is 279 g/mol. The predicted octanol–water partition coefficient (Wildman–Crippen LogP) is -1.56. The second-order valence-electron chi connectivity index (χ2n) is 5.05. The van der Waals surface area contributed by atoms with Crippen molar-refractivity contribution in [3.63, 3.8) is 0 Å². The summed E-state index contributed by atoms with van der Waals surface area (Å²) >= 11 is 0. The largest absolute Gasteiger partial charge is 0.488 e. The van der Waals surface area contributed by atoms with Crippen molar-refractivity contribution in [2.45, 2.75) is 6.54 Å². The molecule has 0 radical (unpaired) electrons. The second-order valence-corrected chi connectivity index (χ2v) is 7.04. The highest BCUT2D eigenvalue weighted by Crippen LogP contribution is 2.10. The van der Waals surface area contributed by atoms with E-state index in [2.05, 4.69) is 4.90 Å². The molecule has 1 aliphatic heterocycles. The summed E-state index contributed by atoms with van der Waals surface area (Å²) in [4.78, 5) is 2.19. The van der Waals surface area contributed by atoms with E-state index in [1.807, 2.05) is 12.1 Å². The lowest BCUT2D eigenvalue weighted by molar-refractivity contribution is 0.182. The smallest absolute Gasteiger partial charge is 0.423 e. The Balaban J connectivity index is 1.89. The molecule has 2 N–H and O–H groups in total. The molecule has 0 aliphatic carbocycles. The molecule has 20 heavy (non-hydrogen) atoms. The Morgan fingerprint density at radius 1 is 1.10 bits per heavy atom. The Morgan fingerprint density at radius 3 is 2.10 bits per heavy atom. The topological polar surface area (TPSA) is 81.1 Å². The van der Waals surface area contributed by atoms with Crippen LogP contribution in [-0.2, 0) is 16.6 Å². The van der Waals surface area contributed by atoms with Gasteiger partial charge in [0.25, 0.3) is 0 Å². The summed E-state index contributed by atoms with van der Waals surface area (Å²) in [6, 6.07) is 7.09. The molecule has 1 aliphatic rings. The number of benzene rings is 1. The Kier molecular flexibility index (Phi) is 4.82. The van der Waals surface area contributed by atoms with E-state index in [4.69, 9.17) is 10.0 Å². The molecule has 1 aromatic carbocycles. The Morgan fingerprint density at radius 2 is 1.65 bits per heavy atom. The average molecular weight is 298 g/mol. The van der Waals surface area contributed by atoms with Crippen LogP contribution >= 0.6 is 0 Å². The summed E-state index contributed by atoms with van der Waals surface area (Å²) in [6.45, 7) is 3.19. The second kappa shape index (κ2) is 6.23. The average Bonchev–Trinajstić information content (AvgIpc) is 2.39. The monoisotopic (exact) mass is 298 g/mol. The molecule has 0 aromatic heterocycles. The Hall–Kier alpha value is -0.925. The zero-order valence-electron chi connectivity index (χ0n) is 11.4. The Bertz CT molecular complexity index is 539. The van der Waals surface area contributed by atoms with Gasteiger partial charge in [-0.15, -0.1) is 0 Å². The molecule has 1 saturated heterocycles. The summed E-state index contributed by atoms with van der Waals surface area (Å²) in [5, 5.41) is 18.0. The van der Waals surface area contributed by atoms with Gasteiger partial charge in [0.05, 0.1) is 6.26 Å². The summed E-state index contributed by atoms with van der Waals surface area (Å²) < 4.78 is 24.3. The summed E-state index contributed by atoms with van der Waals surface area (Å²) in [5.41, 5.74) is 1.54. The lowest BCUT2D eigenvalue weighted by atomic mass is 9.80. The zero-order chi connectivity index (χ0) is 14.8. The van der Waals surface area contributed by atoms with Gasteiger partial charge in [-0.25, -0.2) is 8.42 Å². The summed E-state index contributed by atoms with van der Waals surface area (Å²) in [6.07, 6.45) is 1.24. The van der Waals surface area contributed by atoms with Gasteiger partial charge < -0.3 is 10.0 Å². The molecular formula is C12H19BN2O4S. The van der Waals surface area contributed by atoms with Crippen molar-refractivity contribution in [3.8, 4) is 0 Å². The standard InChI is InChI=1S/C12H19BN2O4S/c1-20(18,19)15-8-6-14(7-9-15)10-11-2-4-12(5-3-11)13(16)17/h2-5,16-17H,6-10H2,1H3. The Labute approximate surface area is 119 Å². The molecule has 1 fully saturated rings. The maximum atomic E-state index is 11.4. The fourth-order valence-electron chi connectivity index (χ4n) is 2.27. The van der Waals surface area contributed by atoms with Gasteiger partial charge in [-0.1, -0.05) is 24.3 Å². The van der Waals surface area contributed by atoms with Crippen molar-refractivity contribution in [3.05, 3.63) is 29.8 Å². The van der Waals surface area contributed by atoms with Crippen molar-refractivity contribution in [1.29, 1.82) is 0 Å². The third-order valence-corrected chi connectivity index (χ3v) is 4.79. The number of nitrogens with zero attached hydrogens (tertiary/aromatic N) is 2. The van der Waals surface area contributed by atoms with Crippen LogP contribution in [0.3, 0.4) is 0 Å². The van der Waals surface area contributed by atoms with Gasteiger partial charge in [0.2, 0.25) is 10.0 Å². The molecule has 0 unspecified atom stereocenters. The molecule has 110 valence electrons. The van der Waals surface area contributed by atoms with Crippen LogP contribution in [0.1, 0.15) is 5.56 Å². The molecule has 8 heteroatoms. The van der Waals surface area contributed by atoms with E-state index in [0.29, 0.717) is 31.6 Å². The van der Waals surface area contributed by atoms with Gasteiger partial charge in [-0.05, 0) is 11.0 Å². The number of hydrogen-bond donors (Lipinski definition) is 2. The molecule has 1 heterocycles. The third kappa shape index (κ3) is 4.03. The van der Waals surface area contributed by atoms with Crippen LogP contribution in [0.5, 0.6) is 0 Å². The van der Waals surface area contributed by atoms with E-state index < -0.39 is 17.1 Å². The van der Waals surface area contributed by atoms with Crippen molar-refractivity contribution in [1.82, 2.24) is 9.21 Å². The number of rotatable bonds is 4. The van der Waals surface area contributed by atoms with Gasteiger partial charge in [0, 0.05) is 32.7 Å². The first-order valence-corrected chi connectivity index (χ1v) is 8.33. The van der Waals surface area contributed by atoms with Crippen molar-refractivity contribution in [2.75, 3.05) is 32.4 Å². The van der Waals surface area contributed by atoms with Crippen LogP contribution in [0.25, 0.3) is 0 Å². The molecule has 1 aromatic rings. The zero-order valence-corrected chi connectivity index (χ0v) is 12.3. The van der Waals surface area contributed by atoms with Gasteiger partial charge in [-0.3, -0.25) is 4.90 Å². The van der Waals surface area contributed by atoms with E-state index in [0.717, 1.165) is 12.1 Å². The fraction of sp³-hybridized carbons (Fsp3) is 0.500. The minimum absolute atomic E-state index is 0.468. The molecule has 0 atom stereocenters. The normalized spacial score (nSPS) is 18.1. The number of hydrogen-bond acceptors (Lipinski definition) is 5. The van der Waals surface area contributed by atoms with E-state index in [-0.39, 0.29) is 0 Å². The van der Waals surface area contributed by atoms with Crippen LogP contribution in [0, 0.1) is 0 Å². The predicted molar refractivity (Wildman–Crippen MR) is 78.0 cm³/mol. The number of piperazine rings is 1. The van der Waals surface area contributed by atoms with Crippen LogP contribution in [-0.4, -0.2) is 67.2 Å². The minimum Gasteiger partial charge on any atom is -0.423 e. The van der Waals surface area contributed by atoms with Crippen molar-refractivity contribution < 1.29 is 18.5 Å². The van der Waals surface area contributed by atoms with Crippen LogP contribution in [0.15, 0.2) is 24.3 Å². The molecule has 0 amide bonds. The lowest BCUT2D eigenvalue weighted by Crippen LogP contribution is -2.47. The van der Waals surface area contributed by atoms with E-state index in [9.17, 15) is 8.42 Å². The molecule has 2 rings (SSSR count).